The summed E-state index contributed by atoms with van der Waals surface area (Å²) in [5, 5.41) is 4.30. The Balaban J connectivity index is 1.69. The number of likely N-dealkylation sites (tertiary alicyclic amines) is 1. The predicted octanol–water partition coefficient (Wildman–Crippen LogP) is 4.00. The summed E-state index contributed by atoms with van der Waals surface area (Å²) in [6.45, 7) is 2.50. The molecule has 2 aromatic carbocycles. The zero-order chi connectivity index (χ0) is 20.4. The molecule has 0 aliphatic carbocycles. The van der Waals surface area contributed by atoms with E-state index in [9.17, 15) is 4.79 Å². The molecule has 1 aliphatic heterocycles. The Hall–Kier alpha value is -3.28. The number of amides is 1. The standard InChI is InChI=1S/C23H25N3O3/c1-16-13-19(22-20(28-2)9-5-10-21(22)29-3)25(23(16)27)15-17-7-4-8-18(14-17)26-12-6-11-24-26/h4-12,14,16,19H,13,15H2,1-3H3. The Labute approximate surface area is 170 Å². The molecule has 1 saturated heterocycles. The van der Waals surface area contributed by atoms with Crippen molar-refractivity contribution >= 4 is 5.91 Å². The molecule has 3 aromatic rings. The van der Waals surface area contributed by atoms with Gasteiger partial charge < -0.3 is 14.4 Å². The fourth-order valence-corrected chi connectivity index (χ4v) is 4.09. The summed E-state index contributed by atoms with van der Waals surface area (Å²) in [7, 11) is 3.30. The van der Waals surface area contributed by atoms with Gasteiger partial charge in [-0.05, 0) is 42.3 Å². The van der Waals surface area contributed by atoms with Gasteiger partial charge in [-0.1, -0.05) is 25.1 Å². The Morgan fingerprint density at radius 1 is 1.07 bits per heavy atom. The van der Waals surface area contributed by atoms with Crippen molar-refractivity contribution in [2.24, 2.45) is 5.92 Å². The van der Waals surface area contributed by atoms with Gasteiger partial charge in [-0.2, -0.15) is 5.10 Å². The van der Waals surface area contributed by atoms with Crippen molar-refractivity contribution in [3.8, 4) is 17.2 Å². The van der Waals surface area contributed by atoms with Crippen molar-refractivity contribution in [3.63, 3.8) is 0 Å². The molecule has 0 N–H and O–H groups in total. The van der Waals surface area contributed by atoms with E-state index in [0.717, 1.165) is 34.7 Å². The fraction of sp³-hybridized carbons (Fsp3) is 0.304. The number of carbonyl (C=O) groups excluding carboxylic acids is 1. The first-order chi connectivity index (χ1) is 14.1. The number of carbonyl (C=O) groups is 1. The Bertz CT molecular complexity index is 978. The molecule has 1 fully saturated rings. The summed E-state index contributed by atoms with van der Waals surface area (Å²) in [5.74, 6) is 1.58. The maximum Gasteiger partial charge on any atom is 0.226 e. The van der Waals surface area contributed by atoms with Crippen molar-refractivity contribution in [1.29, 1.82) is 0 Å². The van der Waals surface area contributed by atoms with Crippen LogP contribution in [-0.4, -0.2) is 34.8 Å². The summed E-state index contributed by atoms with van der Waals surface area (Å²) in [4.78, 5) is 15.0. The summed E-state index contributed by atoms with van der Waals surface area (Å²) < 4.78 is 13.0. The second-order valence-corrected chi connectivity index (χ2v) is 7.32. The first kappa shape index (κ1) is 19.1. The number of rotatable bonds is 6. The van der Waals surface area contributed by atoms with Crippen LogP contribution in [0.2, 0.25) is 0 Å². The van der Waals surface area contributed by atoms with E-state index >= 15 is 0 Å². The number of hydrogen-bond donors (Lipinski definition) is 0. The molecule has 2 atom stereocenters. The van der Waals surface area contributed by atoms with Crippen molar-refractivity contribution in [2.75, 3.05) is 14.2 Å². The molecule has 29 heavy (non-hydrogen) atoms. The van der Waals surface area contributed by atoms with Gasteiger partial charge in [0.05, 0.1) is 31.5 Å². The maximum absolute atomic E-state index is 13.0. The number of nitrogens with zero attached hydrogens (tertiary/aromatic N) is 3. The van der Waals surface area contributed by atoms with Crippen LogP contribution < -0.4 is 9.47 Å². The fourth-order valence-electron chi connectivity index (χ4n) is 4.09. The Kier molecular flexibility index (Phi) is 5.25. The van der Waals surface area contributed by atoms with Crippen LogP contribution in [0, 0.1) is 5.92 Å². The third kappa shape index (κ3) is 3.58. The van der Waals surface area contributed by atoms with E-state index in [4.69, 9.17) is 9.47 Å². The van der Waals surface area contributed by atoms with E-state index in [1.54, 1.807) is 20.4 Å². The van der Waals surface area contributed by atoms with Gasteiger partial charge in [-0.3, -0.25) is 4.79 Å². The molecule has 0 saturated carbocycles. The highest BCUT2D eigenvalue weighted by Gasteiger charge is 2.40. The quantitative estimate of drug-likeness (QED) is 0.637. The van der Waals surface area contributed by atoms with Crippen LogP contribution in [0.5, 0.6) is 11.5 Å². The minimum atomic E-state index is -0.100. The molecule has 2 heterocycles. The van der Waals surface area contributed by atoms with Gasteiger partial charge in [0.15, 0.2) is 0 Å². The van der Waals surface area contributed by atoms with Gasteiger partial charge in [0, 0.05) is 24.9 Å². The second-order valence-electron chi connectivity index (χ2n) is 7.32. The molecule has 1 amide bonds. The van der Waals surface area contributed by atoms with Crippen molar-refractivity contribution in [2.45, 2.75) is 25.9 Å². The summed E-state index contributed by atoms with van der Waals surface area (Å²) in [5.41, 5.74) is 2.95. The van der Waals surface area contributed by atoms with Gasteiger partial charge >= 0.3 is 0 Å². The van der Waals surface area contributed by atoms with Gasteiger partial charge in [0.1, 0.15) is 11.5 Å². The SMILES string of the molecule is COc1cccc(OC)c1C1CC(C)C(=O)N1Cc1cccc(-n2cccn2)c1. The Morgan fingerprint density at radius 2 is 1.79 bits per heavy atom. The Morgan fingerprint density at radius 3 is 2.45 bits per heavy atom. The van der Waals surface area contributed by atoms with E-state index in [1.165, 1.54) is 0 Å². The van der Waals surface area contributed by atoms with Gasteiger partial charge in [0.2, 0.25) is 5.91 Å². The molecular weight excluding hydrogens is 366 g/mol. The smallest absolute Gasteiger partial charge is 0.226 e. The van der Waals surface area contributed by atoms with Crippen molar-refractivity contribution in [3.05, 3.63) is 72.1 Å². The number of aromatic nitrogens is 2. The zero-order valence-corrected chi connectivity index (χ0v) is 16.9. The van der Waals surface area contributed by atoms with Crippen LogP contribution in [0.1, 0.15) is 30.5 Å². The molecule has 6 heteroatoms. The average Bonchev–Trinajstić information content (AvgIpc) is 3.38. The number of methoxy groups -OCH3 is 2. The van der Waals surface area contributed by atoms with Crippen LogP contribution in [-0.2, 0) is 11.3 Å². The van der Waals surface area contributed by atoms with Crippen LogP contribution >= 0.6 is 0 Å². The lowest BCUT2D eigenvalue weighted by Gasteiger charge is -2.28. The highest BCUT2D eigenvalue weighted by atomic mass is 16.5. The molecule has 6 nitrogen and oxygen atoms in total. The lowest BCUT2D eigenvalue weighted by atomic mass is 9.98. The molecule has 1 aromatic heterocycles. The van der Waals surface area contributed by atoms with Gasteiger partial charge in [0.25, 0.3) is 0 Å². The lowest BCUT2D eigenvalue weighted by Crippen LogP contribution is -2.29. The normalized spacial score (nSPS) is 18.9. The molecular formula is C23H25N3O3. The summed E-state index contributed by atoms with van der Waals surface area (Å²) in [6, 6.07) is 15.6. The van der Waals surface area contributed by atoms with Crippen molar-refractivity contribution < 1.29 is 14.3 Å². The lowest BCUT2D eigenvalue weighted by molar-refractivity contribution is -0.132. The van der Waals surface area contributed by atoms with Crippen LogP contribution in [0.25, 0.3) is 5.69 Å². The molecule has 0 radical (unpaired) electrons. The van der Waals surface area contributed by atoms with E-state index in [-0.39, 0.29) is 17.9 Å². The minimum absolute atomic E-state index is 0.0519. The number of ether oxygens (including phenoxy) is 2. The number of benzene rings is 2. The molecule has 4 rings (SSSR count). The van der Waals surface area contributed by atoms with Crippen LogP contribution in [0.15, 0.2) is 60.9 Å². The van der Waals surface area contributed by atoms with Crippen molar-refractivity contribution in [1.82, 2.24) is 14.7 Å². The third-order valence-corrected chi connectivity index (χ3v) is 5.49. The van der Waals surface area contributed by atoms with Crippen LogP contribution in [0.3, 0.4) is 0 Å². The topological polar surface area (TPSA) is 56.6 Å². The highest BCUT2D eigenvalue weighted by molar-refractivity contribution is 5.82. The second kappa shape index (κ2) is 7.99. The molecule has 150 valence electrons. The largest absolute Gasteiger partial charge is 0.496 e. The van der Waals surface area contributed by atoms with E-state index < -0.39 is 0 Å². The van der Waals surface area contributed by atoms with E-state index in [1.807, 2.05) is 65.2 Å². The first-order valence-electron chi connectivity index (χ1n) is 9.72. The van der Waals surface area contributed by atoms with Gasteiger partial charge in [-0.15, -0.1) is 0 Å². The number of hydrogen-bond acceptors (Lipinski definition) is 4. The monoisotopic (exact) mass is 391 g/mol. The molecule has 0 spiro atoms. The zero-order valence-electron chi connectivity index (χ0n) is 16.9. The molecule has 1 aliphatic rings. The predicted molar refractivity (Wildman–Crippen MR) is 110 cm³/mol. The highest BCUT2D eigenvalue weighted by Crippen LogP contribution is 2.45. The average molecular weight is 391 g/mol. The summed E-state index contributed by atoms with van der Waals surface area (Å²) >= 11 is 0. The van der Waals surface area contributed by atoms with Gasteiger partial charge in [-0.25, -0.2) is 4.68 Å². The molecule has 0 bridgehead atoms. The first-order valence-corrected chi connectivity index (χ1v) is 9.72. The third-order valence-electron chi connectivity index (χ3n) is 5.49. The van der Waals surface area contributed by atoms with Crippen LogP contribution in [0.4, 0.5) is 0 Å². The maximum atomic E-state index is 13.0. The minimum Gasteiger partial charge on any atom is -0.496 e. The van der Waals surface area contributed by atoms with E-state index in [2.05, 4.69) is 11.2 Å². The molecule has 2 unspecified atom stereocenters. The van der Waals surface area contributed by atoms with E-state index in [0.29, 0.717) is 6.54 Å². The summed E-state index contributed by atoms with van der Waals surface area (Å²) in [6.07, 6.45) is 4.39.